The van der Waals surface area contributed by atoms with Gasteiger partial charge in [0.25, 0.3) is 0 Å². The molecule has 8 nitrogen and oxygen atoms in total. The second-order valence-corrected chi connectivity index (χ2v) is 10.0. The first kappa shape index (κ1) is 29.3. The van der Waals surface area contributed by atoms with E-state index >= 15 is 0 Å². The Bertz CT molecular complexity index is 1080. The van der Waals surface area contributed by atoms with Crippen LogP contribution in [0.1, 0.15) is 23.1 Å². The van der Waals surface area contributed by atoms with Crippen molar-refractivity contribution in [1.82, 2.24) is 5.32 Å². The van der Waals surface area contributed by atoms with Gasteiger partial charge >= 0.3 is 0 Å². The second-order valence-electron chi connectivity index (χ2n) is 10.0. The molecule has 4 rings (SSSR count). The minimum Gasteiger partial charge on any atom is -0.395 e. The van der Waals surface area contributed by atoms with E-state index in [0.29, 0.717) is 0 Å². The Kier molecular flexibility index (Phi) is 11.0. The maximum absolute atomic E-state index is 11.7. The molecule has 3 aromatic carbocycles. The Morgan fingerprint density at radius 3 is 1.54 bits per heavy atom. The third-order valence-electron chi connectivity index (χ3n) is 7.13. The summed E-state index contributed by atoms with van der Waals surface area (Å²) < 4.78 is 19.3. The van der Waals surface area contributed by atoms with Crippen LogP contribution in [0.15, 0.2) is 91.0 Å². The van der Waals surface area contributed by atoms with Crippen LogP contribution in [0.4, 0.5) is 0 Å². The molecular weight excluding hydrogens is 498 g/mol. The summed E-state index contributed by atoms with van der Waals surface area (Å²) in [7, 11) is 0. The van der Waals surface area contributed by atoms with Gasteiger partial charge in [0.05, 0.1) is 45.7 Å². The van der Waals surface area contributed by atoms with Crippen molar-refractivity contribution in [3.05, 3.63) is 108 Å². The molecule has 5 N–H and O–H groups in total. The molecule has 1 saturated carbocycles. The molecule has 1 aliphatic rings. The van der Waals surface area contributed by atoms with Gasteiger partial charge in [-0.3, -0.25) is 0 Å². The second kappa shape index (κ2) is 14.6. The minimum atomic E-state index is -1.67. The predicted octanol–water partition coefficient (Wildman–Crippen LogP) is 2.18. The average molecular weight is 538 g/mol. The SMILES string of the molecule is OCC(CO)N[C@H]1C[C@](O)(CO)[C@@H](OCc2ccccc2)[C@H](OCc2ccccc2)[C@H]1OCc1ccccc1. The van der Waals surface area contributed by atoms with E-state index in [2.05, 4.69) is 5.32 Å². The molecule has 0 radical (unpaired) electrons. The lowest BCUT2D eigenvalue weighted by Gasteiger charge is -2.50. The van der Waals surface area contributed by atoms with Crippen molar-refractivity contribution < 1.29 is 34.6 Å². The number of nitrogens with one attached hydrogen (secondary N) is 1. The first-order valence-corrected chi connectivity index (χ1v) is 13.3. The van der Waals surface area contributed by atoms with Gasteiger partial charge in [0.1, 0.15) is 23.9 Å². The van der Waals surface area contributed by atoms with Crippen LogP contribution in [0.2, 0.25) is 0 Å². The normalized spacial score (nSPS) is 25.2. The standard InChI is InChI=1S/C31H39NO7/c33-17-26(18-34)32-27-16-31(36,22-35)30(39-21-25-14-8-3-9-15-25)29(38-20-24-12-6-2-7-13-24)28(27)37-19-23-10-4-1-5-11-23/h1-15,26-30,32-36H,16-22H2/t27-,28-,29+,30-,31-/m0/s1. The van der Waals surface area contributed by atoms with Gasteiger partial charge in [-0.2, -0.15) is 0 Å². The van der Waals surface area contributed by atoms with E-state index < -0.39 is 42.6 Å². The number of ether oxygens (including phenoxy) is 3. The van der Waals surface area contributed by atoms with Gasteiger partial charge in [0.2, 0.25) is 0 Å². The van der Waals surface area contributed by atoms with Crippen LogP contribution in [0.3, 0.4) is 0 Å². The summed E-state index contributed by atoms with van der Waals surface area (Å²) in [5.41, 5.74) is 1.15. The van der Waals surface area contributed by atoms with Gasteiger partial charge in [-0.15, -0.1) is 0 Å². The molecule has 0 bridgehead atoms. The molecule has 1 aliphatic carbocycles. The Hall–Kier alpha value is -2.66. The molecule has 0 spiro atoms. The molecule has 5 atom stereocenters. The van der Waals surface area contributed by atoms with Crippen molar-refractivity contribution in [3.8, 4) is 0 Å². The minimum absolute atomic E-state index is 0.0596. The van der Waals surface area contributed by atoms with Crippen molar-refractivity contribution in [1.29, 1.82) is 0 Å². The number of aliphatic hydroxyl groups is 4. The van der Waals surface area contributed by atoms with Gasteiger partial charge < -0.3 is 40.0 Å². The zero-order valence-corrected chi connectivity index (χ0v) is 22.0. The van der Waals surface area contributed by atoms with E-state index in [0.717, 1.165) is 16.7 Å². The zero-order valence-electron chi connectivity index (χ0n) is 22.0. The third kappa shape index (κ3) is 7.94. The molecule has 8 heteroatoms. The number of benzene rings is 3. The van der Waals surface area contributed by atoms with Gasteiger partial charge in [-0.25, -0.2) is 0 Å². The number of hydrogen-bond acceptors (Lipinski definition) is 8. The Labute approximate surface area is 229 Å². The monoisotopic (exact) mass is 537 g/mol. The Morgan fingerprint density at radius 2 is 1.10 bits per heavy atom. The lowest BCUT2D eigenvalue weighted by atomic mass is 9.75. The van der Waals surface area contributed by atoms with Crippen LogP contribution in [0, 0.1) is 0 Å². The maximum Gasteiger partial charge on any atom is 0.118 e. The molecule has 0 amide bonds. The smallest absolute Gasteiger partial charge is 0.118 e. The van der Waals surface area contributed by atoms with Gasteiger partial charge in [0, 0.05) is 6.04 Å². The van der Waals surface area contributed by atoms with Gasteiger partial charge in [-0.05, 0) is 23.1 Å². The first-order valence-electron chi connectivity index (χ1n) is 13.3. The maximum atomic E-state index is 11.7. The third-order valence-corrected chi connectivity index (χ3v) is 7.13. The molecule has 0 heterocycles. The van der Waals surface area contributed by atoms with Crippen molar-refractivity contribution in [2.24, 2.45) is 0 Å². The van der Waals surface area contributed by atoms with Crippen LogP contribution in [0.25, 0.3) is 0 Å². The van der Waals surface area contributed by atoms with E-state index in [1.807, 2.05) is 91.0 Å². The summed E-state index contributed by atoms with van der Waals surface area (Å²) in [6.07, 6.45) is -2.29. The van der Waals surface area contributed by atoms with E-state index in [4.69, 9.17) is 14.2 Å². The summed E-state index contributed by atoms with van der Waals surface area (Å²) in [4.78, 5) is 0. The highest BCUT2D eigenvalue weighted by Crippen LogP contribution is 2.36. The van der Waals surface area contributed by atoms with Crippen LogP contribution < -0.4 is 5.32 Å². The predicted molar refractivity (Wildman–Crippen MR) is 147 cm³/mol. The summed E-state index contributed by atoms with van der Waals surface area (Å²) in [6.45, 7) is -0.457. The summed E-state index contributed by atoms with van der Waals surface area (Å²) in [5, 5.41) is 45.0. The fourth-order valence-corrected chi connectivity index (χ4v) is 5.03. The highest BCUT2D eigenvalue weighted by molar-refractivity contribution is 5.17. The van der Waals surface area contributed by atoms with Crippen LogP contribution in [0.5, 0.6) is 0 Å². The summed E-state index contributed by atoms with van der Waals surface area (Å²) >= 11 is 0. The molecule has 0 saturated heterocycles. The topological polar surface area (TPSA) is 121 Å². The summed E-state index contributed by atoms with van der Waals surface area (Å²) in [6, 6.07) is 27.8. The molecule has 3 aromatic rings. The zero-order chi connectivity index (χ0) is 27.5. The molecule has 0 aromatic heterocycles. The Morgan fingerprint density at radius 1 is 0.667 bits per heavy atom. The van der Waals surface area contributed by atoms with Crippen LogP contribution >= 0.6 is 0 Å². The van der Waals surface area contributed by atoms with Gasteiger partial charge in [0.15, 0.2) is 0 Å². The highest BCUT2D eigenvalue weighted by atomic mass is 16.6. The number of aliphatic hydroxyl groups excluding tert-OH is 3. The molecule has 210 valence electrons. The first-order chi connectivity index (χ1) is 19.1. The van der Waals surface area contributed by atoms with Crippen molar-refractivity contribution >= 4 is 0 Å². The van der Waals surface area contributed by atoms with Crippen molar-refractivity contribution in [2.75, 3.05) is 19.8 Å². The van der Waals surface area contributed by atoms with E-state index in [1.165, 1.54) is 0 Å². The average Bonchev–Trinajstić information content (AvgIpc) is 2.99. The largest absolute Gasteiger partial charge is 0.395 e. The molecule has 39 heavy (non-hydrogen) atoms. The van der Waals surface area contributed by atoms with Gasteiger partial charge in [-0.1, -0.05) is 91.0 Å². The summed E-state index contributed by atoms with van der Waals surface area (Å²) in [5.74, 6) is 0. The number of rotatable bonds is 14. The molecule has 0 aliphatic heterocycles. The van der Waals surface area contributed by atoms with E-state index in [9.17, 15) is 20.4 Å². The number of hydrogen-bond donors (Lipinski definition) is 5. The highest BCUT2D eigenvalue weighted by Gasteiger charge is 2.55. The van der Waals surface area contributed by atoms with E-state index in [1.54, 1.807) is 0 Å². The fourth-order valence-electron chi connectivity index (χ4n) is 5.03. The fraction of sp³-hybridized carbons (Fsp3) is 0.419. The molecular formula is C31H39NO7. The quantitative estimate of drug-likeness (QED) is 0.212. The van der Waals surface area contributed by atoms with E-state index in [-0.39, 0.29) is 39.5 Å². The molecule has 1 fully saturated rings. The molecule has 0 unspecified atom stereocenters. The van der Waals surface area contributed by atoms with Crippen LogP contribution in [-0.4, -0.2) is 76.2 Å². The van der Waals surface area contributed by atoms with Crippen LogP contribution in [-0.2, 0) is 34.0 Å². The lowest BCUT2D eigenvalue weighted by molar-refractivity contribution is -0.252. The lowest BCUT2D eigenvalue weighted by Crippen LogP contribution is -2.69. The van der Waals surface area contributed by atoms with Crippen molar-refractivity contribution in [2.45, 2.75) is 62.2 Å². The Balaban J connectivity index is 1.66. The van der Waals surface area contributed by atoms with Crippen molar-refractivity contribution in [3.63, 3.8) is 0 Å².